The van der Waals surface area contributed by atoms with Crippen molar-refractivity contribution in [3.63, 3.8) is 0 Å². The molecule has 0 aliphatic carbocycles. The highest BCUT2D eigenvalue weighted by atomic mass is 32.1. The lowest BCUT2D eigenvalue weighted by Crippen LogP contribution is -2.02. The molecule has 5 nitrogen and oxygen atoms in total. The topological polar surface area (TPSA) is 60.7 Å². The molecule has 0 aliphatic rings. The molecule has 0 bridgehead atoms. The zero-order valence-electron chi connectivity index (χ0n) is 10.6. The molecule has 0 saturated carbocycles. The monoisotopic (exact) mass is 264 g/mol. The van der Waals surface area contributed by atoms with Gasteiger partial charge in [-0.2, -0.15) is 5.10 Å². The Hall–Kier alpha value is -1.56. The van der Waals surface area contributed by atoms with Crippen molar-refractivity contribution in [2.45, 2.75) is 39.7 Å². The number of nitrogens with zero attached hydrogens (tertiary/aromatic N) is 4. The fourth-order valence-electron chi connectivity index (χ4n) is 1.74. The Bertz CT molecular complexity index is 532. The van der Waals surface area contributed by atoms with E-state index in [9.17, 15) is 4.79 Å². The van der Waals surface area contributed by atoms with Crippen LogP contribution in [0.2, 0.25) is 0 Å². The van der Waals surface area contributed by atoms with Crippen molar-refractivity contribution in [1.29, 1.82) is 0 Å². The number of hydrogen-bond acceptors (Lipinski definition) is 5. The van der Waals surface area contributed by atoms with Crippen LogP contribution in [0.1, 0.15) is 47.6 Å². The standard InChI is InChI=1S/C12H16N4OS/c1-3-5-10-12(18-15-14-10)11(17)9-7-13-16(8-9)6-4-2/h7-8H,3-6H2,1-2H3. The fraction of sp³-hybridized carbons (Fsp3) is 0.500. The van der Waals surface area contributed by atoms with Crippen LogP contribution in [0.3, 0.4) is 0 Å². The Morgan fingerprint density at radius 2 is 2.22 bits per heavy atom. The second-order valence-corrected chi connectivity index (χ2v) is 4.87. The molecule has 0 aromatic carbocycles. The summed E-state index contributed by atoms with van der Waals surface area (Å²) in [5.74, 6) is -0.0178. The van der Waals surface area contributed by atoms with Gasteiger partial charge in [0.15, 0.2) is 0 Å². The summed E-state index contributed by atoms with van der Waals surface area (Å²) in [6.45, 7) is 4.97. The van der Waals surface area contributed by atoms with Gasteiger partial charge in [-0.3, -0.25) is 9.48 Å². The molecular formula is C12H16N4OS. The smallest absolute Gasteiger partial charge is 0.209 e. The van der Waals surface area contributed by atoms with E-state index in [2.05, 4.69) is 28.5 Å². The van der Waals surface area contributed by atoms with Crippen LogP contribution in [-0.4, -0.2) is 25.2 Å². The molecule has 2 aromatic heterocycles. The minimum absolute atomic E-state index is 0.0178. The second-order valence-electron chi connectivity index (χ2n) is 4.12. The van der Waals surface area contributed by atoms with E-state index in [1.807, 2.05) is 0 Å². The molecule has 2 heterocycles. The quantitative estimate of drug-likeness (QED) is 0.751. The van der Waals surface area contributed by atoms with Gasteiger partial charge in [-0.1, -0.05) is 24.8 Å². The highest BCUT2D eigenvalue weighted by Crippen LogP contribution is 2.17. The highest BCUT2D eigenvalue weighted by molar-refractivity contribution is 7.08. The predicted molar refractivity (Wildman–Crippen MR) is 69.9 cm³/mol. The summed E-state index contributed by atoms with van der Waals surface area (Å²) < 4.78 is 5.67. The zero-order valence-corrected chi connectivity index (χ0v) is 11.4. The Morgan fingerprint density at radius 3 is 2.94 bits per heavy atom. The summed E-state index contributed by atoms with van der Waals surface area (Å²) in [4.78, 5) is 12.9. The lowest BCUT2D eigenvalue weighted by molar-refractivity contribution is 0.104. The Balaban J connectivity index is 2.21. The van der Waals surface area contributed by atoms with Crippen LogP contribution in [0.15, 0.2) is 12.4 Å². The minimum atomic E-state index is -0.0178. The molecule has 2 aromatic rings. The van der Waals surface area contributed by atoms with Gasteiger partial charge in [0.25, 0.3) is 0 Å². The SMILES string of the molecule is CCCc1nnsc1C(=O)c1cnn(CCC)c1. The largest absolute Gasteiger partial charge is 0.287 e. The van der Waals surface area contributed by atoms with Crippen molar-refractivity contribution in [3.05, 3.63) is 28.5 Å². The first-order chi connectivity index (χ1) is 8.76. The predicted octanol–water partition coefficient (Wildman–Crippen LogP) is 2.33. The van der Waals surface area contributed by atoms with E-state index < -0.39 is 0 Å². The second kappa shape index (κ2) is 5.86. The van der Waals surface area contributed by atoms with E-state index in [4.69, 9.17) is 0 Å². The highest BCUT2D eigenvalue weighted by Gasteiger charge is 2.18. The van der Waals surface area contributed by atoms with Gasteiger partial charge < -0.3 is 0 Å². The number of aryl methyl sites for hydroxylation is 2. The Labute approximate surface area is 110 Å². The van der Waals surface area contributed by atoms with E-state index in [0.29, 0.717) is 10.4 Å². The number of aromatic nitrogens is 4. The van der Waals surface area contributed by atoms with Crippen LogP contribution in [0.25, 0.3) is 0 Å². The lowest BCUT2D eigenvalue weighted by Gasteiger charge is -1.97. The molecule has 0 saturated heterocycles. The molecule has 0 aliphatic heterocycles. The summed E-state index contributed by atoms with van der Waals surface area (Å²) in [6.07, 6.45) is 6.16. The average Bonchev–Trinajstić information content (AvgIpc) is 2.98. The van der Waals surface area contributed by atoms with Crippen molar-refractivity contribution < 1.29 is 4.79 Å². The summed E-state index contributed by atoms with van der Waals surface area (Å²) >= 11 is 1.17. The lowest BCUT2D eigenvalue weighted by atomic mass is 10.1. The third kappa shape index (κ3) is 2.64. The van der Waals surface area contributed by atoms with Crippen molar-refractivity contribution in [2.24, 2.45) is 0 Å². The zero-order chi connectivity index (χ0) is 13.0. The van der Waals surface area contributed by atoms with Crippen molar-refractivity contribution in [3.8, 4) is 0 Å². The summed E-state index contributed by atoms with van der Waals surface area (Å²) in [5.41, 5.74) is 1.42. The van der Waals surface area contributed by atoms with E-state index >= 15 is 0 Å². The summed E-state index contributed by atoms with van der Waals surface area (Å²) in [5, 5.41) is 8.19. The molecular weight excluding hydrogens is 248 g/mol. The molecule has 2 rings (SSSR count). The Kier molecular flexibility index (Phi) is 4.19. The van der Waals surface area contributed by atoms with Crippen LogP contribution in [-0.2, 0) is 13.0 Å². The maximum atomic E-state index is 12.3. The third-order valence-electron chi connectivity index (χ3n) is 2.60. The molecule has 0 amide bonds. The van der Waals surface area contributed by atoms with Crippen molar-refractivity contribution in [1.82, 2.24) is 19.4 Å². The Morgan fingerprint density at radius 1 is 1.39 bits per heavy atom. The maximum Gasteiger partial charge on any atom is 0.209 e. The van der Waals surface area contributed by atoms with Crippen LogP contribution in [0.5, 0.6) is 0 Å². The molecule has 0 atom stereocenters. The number of carbonyl (C=O) groups excluding carboxylic acids is 1. The first-order valence-electron chi connectivity index (χ1n) is 6.14. The van der Waals surface area contributed by atoms with Gasteiger partial charge in [0.05, 0.1) is 17.5 Å². The normalized spacial score (nSPS) is 10.8. The number of carbonyl (C=O) groups is 1. The molecule has 0 spiro atoms. The fourth-order valence-corrected chi connectivity index (χ4v) is 2.41. The first kappa shape index (κ1) is 12.9. The van der Waals surface area contributed by atoms with Gasteiger partial charge in [-0.05, 0) is 24.4 Å². The summed E-state index contributed by atoms with van der Waals surface area (Å²) in [6, 6.07) is 0. The molecule has 96 valence electrons. The van der Waals surface area contributed by atoms with Crippen molar-refractivity contribution in [2.75, 3.05) is 0 Å². The first-order valence-corrected chi connectivity index (χ1v) is 6.92. The van der Waals surface area contributed by atoms with Gasteiger partial charge in [-0.25, -0.2) is 0 Å². The van der Waals surface area contributed by atoms with Gasteiger partial charge in [0.2, 0.25) is 5.78 Å². The molecule has 0 N–H and O–H groups in total. The van der Waals surface area contributed by atoms with Gasteiger partial charge >= 0.3 is 0 Å². The average molecular weight is 264 g/mol. The van der Waals surface area contributed by atoms with Gasteiger partial charge in [0.1, 0.15) is 4.88 Å². The van der Waals surface area contributed by atoms with Crippen LogP contribution in [0.4, 0.5) is 0 Å². The maximum absolute atomic E-state index is 12.3. The number of hydrogen-bond donors (Lipinski definition) is 0. The number of ketones is 1. The minimum Gasteiger partial charge on any atom is -0.287 e. The molecule has 18 heavy (non-hydrogen) atoms. The van der Waals surface area contributed by atoms with E-state index in [-0.39, 0.29) is 5.78 Å². The van der Waals surface area contributed by atoms with E-state index in [1.165, 1.54) is 11.5 Å². The molecule has 0 radical (unpaired) electrons. The van der Waals surface area contributed by atoms with E-state index in [0.717, 1.165) is 31.5 Å². The number of rotatable bonds is 6. The van der Waals surface area contributed by atoms with E-state index in [1.54, 1.807) is 17.1 Å². The molecule has 0 fully saturated rings. The van der Waals surface area contributed by atoms with Gasteiger partial charge in [0, 0.05) is 12.7 Å². The van der Waals surface area contributed by atoms with Gasteiger partial charge in [-0.15, -0.1) is 5.10 Å². The third-order valence-corrected chi connectivity index (χ3v) is 3.36. The van der Waals surface area contributed by atoms with Crippen LogP contribution < -0.4 is 0 Å². The molecule has 0 unspecified atom stereocenters. The van der Waals surface area contributed by atoms with Crippen molar-refractivity contribution >= 4 is 17.3 Å². The molecule has 6 heteroatoms. The summed E-state index contributed by atoms with van der Waals surface area (Å²) in [7, 11) is 0. The van der Waals surface area contributed by atoms with Crippen LogP contribution >= 0.6 is 11.5 Å². The van der Waals surface area contributed by atoms with Crippen LogP contribution in [0, 0.1) is 0 Å².